The van der Waals surface area contributed by atoms with Gasteiger partial charge in [0.15, 0.2) is 0 Å². The molecule has 0 spiro atoms. The van der Waals surface area contributed by atoms with Gasteiger partial charge in [0.1, 0.15) is 0 Å². The number of halogens is 3. The van der Waals surface area contributed by atoms with Gasteiger partial charge in [0.2, 0.25) is 5.91 Å². The number of benzene rings is 1. The van der Waals surface area contributed by atoms with Crippen LogP contribution in [0.15, 0.2) is 24.3 Å². The zero-order valence-electron chi connectivity index (χ0n) is 16.5. The molecule has 0 atom stereocenters. The van der Waals surface area contributed by atoms with Crippen LogP contribution in [0.4, 0.5) is 18.0 Å². The molecule has 1 fully saturated rings. The van der Waals surface area contributed by atoms with E-state index >= 15 is 0 Å². The minimum atomic E-state index is -4.36. The lowest BCUT2D eigenvalue weighted by atomic mass is 10.1. The molecule has 0 aliphatic carbocycles. The van der Waals surface area contributed by atoms with Crippen LogP contribution < -0.4 is 0 Å². The number of hydrogen-bond donors (Lipinski definition) is 0. The fraction of sp³-hybridized carbons (Fsp3) is 0.571. The van der Waals surface area contributed by atoms with Crippen LogP contribution in [0.25, 0.3) is 0 Å². The smallest absolute Gasteiger partial charge is 0.416 e. The average molecular weight is 413 g/mol. The van der Waals surface area contributed by atoms with E-state index in [2.05, 4.69) is 6.92 Å². The number of carbonyl (C=O) groups excluding carboxylic acids is 2. The van der Waals surface area contributed by atoms with E-state index in [1.165, 1.54) is 12.1 Å². The Morgan fingerprint density at radius 3 is 2.17 bits per heavy atom. The highest BCUT2D eigenvalue weighted by Crippen LogP contribution is 2.29. The molecule has 1 aromatic carbocycles. The third kappa shape index (κ3) is 7.59. The summed E-state index contributed by atoms with van der Waals surface area (Å²) in [5, 5.41) is 0. The van der Waals surface area contributed by atoms with Gasteiger partial charge in [-0.15, -0.1) is 0 Å². The number of rotatable bonds is 8. The van der Waals surface area contributed by atoms with Crippen LogP contribution in [0.3, 0.4) is 0 Å². The first-order valence-corrected chi connectivity index (χ1v) is 9.96. The molecule has 1 aromatic rings. The molecule has 29 heavy (non-hydrogen) atoms. The van der Waals surface area contributed by atoms with Gasteiger partial charge in [-0.3, -0.25) is 4.79 Å². The number of alkyl halides is 3. The van der Waals surface area contributed by atoms with E-state index in [9.17, 15) is 22.8 Å². The Kier molecular flexibility index (Phi) is 8.79. The van der Waals surface area contributed by atoms with Crippen LogP contribution in [-0.2, 0) is 22.1 Å². The molecule has 1 aliphatic heterocycles. The average Bonchev–Trinajstić information content (AvgIpc) is 2.71. The second-order valence-electron chi connectivity index (χ2n) is 7.09. The molecule has 0 bridgehead atoms. The predicted octanol–water partition coefficient (Wildman–Crippen LogP) is 4.31. The van der Waals surface area contributed by atoms with Crippen molar-refractivity contribution in [1.82, 2.24) is 9.80 Å². The SMILES string of the molecule is [CH2]CCCCCC(=O)N1CCN(C(=O)OCCc2ccc(C(F)(F)F)cc2)CC1. The van der Waals surface area contributed by atoms with Crippen LogP contribution in [-0.4, -0.2) is 54.6 Å². The lowest BCUT2D eigenvalue weighted by Crippen LogP contribution is -2.50. The molecular formula is C21H28F3N2O3. The third-order valence-corrected chi connectivity index (χ3v) is 4.93. The highest BCUT2D eigenvalue weighted by molar-refractivity contribution is 5.76. The number of hydrogen-bond acceptors (Lipinski definition) is 3. The van der Waals surface area contributed by atoms with Crippen molar-refractivity contribution >= 4 is 12.0 Å². The van der Waals surface area contributed by atoms with Gasteiger partial charge in [-0.25, -0.2) is 4.79 Å². The molecule has 1 aliphatic rings. The quantitative estimate of drug-likeness (QED) is 0.597. The minimum absolute atomic E-state index is 0.0929. The van der Waals surface area contributed by atoms with Crippen molar-refractivity contribution in [2.24, 2.45) is 0 Å². The van der Waals surface area contributed by atoms with Crippen molar-refractivity contribution in [3.63, 3.8) is 0 Å². The molecule has 0 saturated carbocycles. The summed E-state index contributed by atoms with van der Waals surface area (Å²) in [6.07, 6.45) is -0.178. The molecule has 2 rings (SSSR count). The number of amides is 2. The Morgan fingerprint density at radius 2 is 1.59 bits per heavy atom. The Morgan fingerprint density at radius 1 is 0.966 bits per heavy atom. The van der Waals surface area contributed by atoms with Crippen LogP contribution >= 0.6 is 0 Å². The second kappa shape index (κ2) is 11.1. The summed E-state index contributed by atoms with van der Waals surface area (Å²) in [4.78, 5) is 27.6. The number of unbranched alkanes of at least 4 members (excludes halogenated alkanes) is 3. The summed E-state index contributed by atoms with van der Waals surface area (Å²) >= 11 is 0. The van der Waals surface area contributed by atoms with E-state index in [1.54, 1.807) is 9.80 Å². The van der Waals surface area contributed by atoms with E-state index < -0.39 is 17.8 Å². The largest absolute Gasteiger partial charge is 0.449 e. The third-order valence-electron chi connectivity index (χ3n) is 4.93. The van der Waals surface area contributed by atoms with Gasteiger partial charge in [0.05, 0.1) is 12.2 Å². The van der Waals surface area contributed by atoms with Crippen molar-refractivity contribution in [3.05, 3.63) is 42.3 Å². The Bertz CT molecular complexity index is 654. The monoisotopic (exact) mass is 413 g/mol. The first kappa shape index (κ1) is 23.0. The molecule has 1 radical (unpaired) electrons. The van der Waals surface area contributed by atoms with Gasteiger partial charge in [-0.2, -0.15) is 13.2 Å². The molecule has 0 aromatic heterocycles. The van der Waals surface area contributed by atoms with Crippen molar-refractivity contribution < 1.29 is 27.5 Å². The zero-order valence-corrected chi connectivity index (χ0v) is 16.5. The standard InChI is InChI=1S/C21H28F3N2O3/c1-2-3-4-5-6-19(27)25-12-14-26(15-13-25)20(28)29-16-11-17-7-9-18(10-8-17)21(22,23)24/h7-10H,1-6,11-16H2. The maximum atomic E-state index is 12.6. The Hall–Kier alpha value is -2.25. The van der Waals surface area contributed by atoms with Crippen LogP contribution in [0, 0.1) is 6.92 Å². The van der Waals surface area contributed by atoms with E-state index in [0.717, 1.165) is 37.8 Å². The van der Waals surface area contributed by atoms with Crippen LogP contribution in [0.1, 0.15) is 43.2 Å². The summed E-state index contributed by atoms with van der Waals surface area (Å²) in [7, 11) is 0. The number of nitrogens with zero attached hydrogens (tertiary/aromatic N) is 2. The van der Waals surface area contributed by atoms with Gasteiger partial charge in [0, 0.05) is 39.0 Å². The molecule has 1 heterocycles. The summed E-state index contributed by atoms with van der Waals surface area (Å²) in [5.74, 6) is 0.115. The number of ether oxygens (including phenoxy) is 1. The van der Waals surface area contributed by atoms with Gasteiger partial charge in [-0.1, -0.05) is 38.3 Å². The molecule has 161 valence electrons. The summed E-state index contributed by atoms with van der Waals surface area (Å²) < 4.78 is 42.9. The highest BCUT2D eigenvalue weighted by atomic mass is 19.4. The molecule has 1 saturated heterocycles. The molecule has 0 unspecified atom stereocenters. The van der Waals surface area contributed by atoms with Crippen molar-refractivity contribution in [2.75, 3.05) is 32.8 Å². The molecule has 5 nitrogen and oxygen atoms in total. The fourth-order valence-corrected chi connectivity index (χ4v) is 3.13. The summed E-state index contributed by atoms with van der Waals surface area (Å²) in [6.45, 7) is 5.69. The number of piperazine rings is 1. The Balaban J connectivity index is 1.66. The maximum Gasteiger partial charge on any atom is 0.416 e. The van der Waals surface area contributed by atoms with Gasteiger partial charge < -0.3 is 14.5 Å². The van der Waals surface area contributed by atoms with Crippen LogP contribution in [0.5, 0.6) is 0 Å². The van der Waals surface area contributed by atoms with E-state index in [-0.39, 0.29) is 12.5 Å². The van der Waals surface area contributed by atoms with E-state index in [4.69, 9.17) is 4.74 Å². The van der Waals surface area contributed by atoms with Crippen molar-refractivity contribution in [2.45, 2.75) is 44.7 Å². The van der Waals surface area contributed by atoms with Crippen molar-refractivity contribution in [1.29, 1.82) is 0 Å². The van der Waals surface area contributed by atoms with Crippen molar-refractivity contribution in [3.8, 4) is 0 Å². The second-order valence-corrected chi connectivity index (χ2v) is 7.09. The van der Waals surface area contributed by atoms with Gasteiger partial charge >= 0.3 is 12.3 Å². The molecule has 2 amide bonds. The summed E-state index contributed by atoms with van der Waals surface area (Å²) in [6, 6.07) is 4.81. The first-order chi connectivity index (χ1) is 13.8. The predicted molar refractivity (Wildman–Crippen MR) is 103 cm³/mol. The summed E-state index contributed by atoms with van der Waals surface area (Å²) in [5.41, 5.74) is -0.0342. The maximum absolute atomic E-state index is 12.6. The van der Waals surface area contributed by atoms with Gasteiger partial charge in [-0.05, 0) is 24.1 Å². The number of carbonyl (C=O) groups is 2. The topological polar surface area (TPSA) is 49.9 Å². The van der Waals surface area contributed by atoms with Crippen LogP contribution in [0.2, 0.25) is 0 Å². The highest BCUT2D eigenvalue weighted by Gasteiger charge is 2.30. The minimum Gasteiger partial charge on any atom is -0.449 e. The van der Waals surface area contributed by atoms with E-state index in [0.29, 0.717) is 44.6 Å². The lowest BCUT2D eigenvalue weighted by molar-refractivity contribution is -0.137. The molecule has 0 N–H and O–H groups in total. The molecular weight excluding hydrogens is 385 g/mol. The fourth-order valence-electron chi connectivity index (χ4n) is 3.13. The van der Waals surface area contributed by atoms with Gasteiger partial charge in [0.25, 0.3) is 0 Å². The Labute approximate surface area is 169 Å². The lowest BCUT2D eigenvalue weighted by Gasteiger charge is -2.34. The molecule has 8 heteroatoms. The normalized spacial score (nSPS) is 14.8. The zero-order chi connectivity index (χ0) is 21.3. The first-order valence-electron chi connectivity index (χ1n) is 9.96. The van der Waals surface area contributed by atoms with E-state index in [1.807, 2.05) is 0 Å².